The monoisotopic (exact) mass is 439 g/mol. The number of nitrogens with one attached hydrogen (secondary N) is 2. The van der Waals surface area contributed by atoms with Crippen LogP contribution in [-0.2, 0) is 20.0 Å². The van der Waals surface area contributed by atoms with Gasteiger partial charge in [-0.3, -0.25) is 0 Å². The Morgan fingerprint density at radius 1 is 1.22 bits per heavy atom. The average Bonchev–Trinajstić information content (AvgIpc) is 2.52. The molecule has 146 valence electrons. The van der Waals surface area contributed by atoms with Crippen molar-refractivity contribution in [3.8, 4) is 5.75 Å². The number of halogens is 3. The van der Waals surface area contributed by atoms with Crippen LogP contribution in [0.1, 0.15) is 11.7 Å². The third kappa shape index (κ3) is 3.99. The van der Waals surface area contributed by atoms with Crippen LogP contribution < -0.4 is 19.9 Å². The number of rotatable bonds is 4. The van der Waals surface area contributed by atoms with E-state index in [0.29, 0.717) is 0 Å². The Labute approximate surface area is 158 Å². The normalized spacial score (nSPS) is 18.6. The summed E-state index contributed by atoms with van der Waals surface area (Å²) in [7, 11) is -8.48. The van der Waals surface area contributed by atoms with Crippen LogP contribution in [-0.4, -0.2) is 23.4 Å². The molecule has 0 radical (unpaired) electrons. The lowest BCUT2D eigenvalue weighted by Crippen LogP contribution is -2.38. The third-order valence-electron chi connectivity index (χ3n) is 3.65. The molecule has 0 bridgehead atoms. The largest absolute Gasteiger partial charge is 0.434 e. The highest BCUT2D eigenvalue weighted by molar-refractivity contribution is 7.90. The molecule has 4 N–H and O–H groups in total. The van der Waals surface area contributed by atoms with Crippen molar-refractivity contribution in [3.63, 3.8) is 0 Å². The van der Waals surface area contributed by atoms with Crippen LogP contribution >= 0.6 is 11.6 Å². The summed E-state index contributed by atoms with van der Waals surface area (Å²) in [4.78, 5) is -0.964. The predicted molar refractivity (Wildman–Crippen MR) is 92.6 cm³/mol. The van der Waals surface area contributed by atoms with Gasteiger partial charge in [-0.1, -0.05) is 29.8 Å². The Balaban J connectivity index is 2.10. The van der Waals surface area contributed by atoms with Crippen LogP contribution in [0.5, 0.6) is 5.75 Å². The molecule has 8 nitrogen and oxygen atoms in total. The van der Waals surface area contributed by atoms with Crippen LogP contribution in [0.25, 0.3) is 0 Å². The molecule has 0 fully saturated rings. The van der Waals surface area contributed by atoms with Gasteiger partial charge in [-0.2, -0.15) is 13.5 Å². The topological polar surface area (TPSA) is 128 Å². The first kappa shape index (κ1) is 19.8. The Bertz CT molecular complexity index is 1110. The van der Waals surface area contributed by atoms with E-state index in [-0.39, 0.29) is 22.0 Å². The first-order valence-corrected chi connectivity index (χ1v) is 10.6. The minimum atomic E-state index is -4.26. The Morgan fingerprint density at radius 2 is 1.89 bits per heavy atom. The van der Waals surface area contributed by atoms with Crippen LogP contribution in [0.2, 0.25) is 5.02 Å². The molecule has 1 unspecified atom stereocenters. The Hall–Kier alpha value is -1.99. The Kier molecular flexibility index (Phi) is 5.03. The average molecular weight is 440 g/mol. The second-order valence-corrected chi connectivity index (χ2v) is 9.06. The molecule has 1 heterocycles. The summed E-state index contributed by atoms with van der Waals surface area (Å²) in [6.45, 7) is -3.11. The van der Waals surface area contributed by atoms with Gasteiger partial charge in [0.05, 0.1) is 10.7 Å². The highest BCUT2D eigenvalue weighted by Gasteiger charge is 2.33. The number of nitrogens with two attached hydrogens (primary N) is 1. The maximum absolute atomic E-state index is 12.6. The van der Waals surface area contributed by atoms with Crippen molar-refractivity contribution in [2.24, 2.45) is 5.14 Å². The fourth-order valence-corrected chi connectivity index (χ4v) is 5.03. The summed E-state index contributed by atoms with van der Waals surface area (Å²) in [5.74, 6) is -0.233. The quantitative estimate of drug-likeness (QED) is 0.668. The maximum Gasteiger partial charge on any atom is 0.387 e. The number of para-hydroxylation sites is 1. The molecule has 2 aromatic rings. The fraction of sp³-hybridized carbons (Fsp3) is 0.143. The van der Waals surface area contributed by atoms with Gasteiger partial charge in [0.2, 0.25) is 20.0 Å². The minimum absolute atomic E-state index is 0.0250. The number of fused-ring (bicyclic) bond motifs is 1. The lowest BCUT2D eigenvalue weighted by Gasteiger charge is -2.29. The summed E-state index contributed by atoms with van der Waals surface area (Å²) in [6, 6.07) is 7.50. The zero-order valence-electron chi connectivity index (χ0n) is 13.2. The van der Waals surface area contributed by atoms with E-state index < -0.39 is 42.6 Å². The van der Waals surface area contributed by atoms with Crippen molar-refractivity contribution in [2.45, 2.75) is 22.6 Å². The lowest BCUT2D eigenvalue weighted by atomic mass is 10.1. The molecule has 1 aliphatic heterocycles. The van der Waals surface area contributed by atoms with Gasteiger partial charge >= 0.3 is 6.61 Å². The van der Waals surface area contributed by atoms with E-state index in [2.05, 4.69) is 14.8 Å². The van der Waals surface area contributed by atoms with Gasteiger partial charge in [0.1, 0.15) is 21.7 Å². The number of benzene rings is 2. The first-order chi connectivity index (χ1) is 12.5. The van der Waals surface area contributed by atoms with Gasteiger partial charge in [-0.25, -0.2) is 22.0 Å². The highest BCUT2D eigenvalue weighted by Crippen LogP contribution is 2.38. The Morgan fingerprint density at radius 3 is 2.52 bits per heavy atom. The molecule has 0 aromatic heterocycles. The zero-order valence-corrected chi connectivity index (χ0v) is 15.6. The number of hydrogen-bond donors (Lipinski definition) is 3. The number of sulfonamides is 2. The van der Waals surface area contributed by atoms with Crippen molar-refractivity contribution < 1.29 is 30.4 Å². The third-order valence-corrected chi connectivity index (χ3v) is 6.49. The second-order valence-electron chi connectivity index (χ2n) is 5.44. The van der Waals surface area contributed by atoms with Crippen molar-refractivity contribution in [1.29, 1.82) is 0 Å². The summed E-state index contributed by atoms with van der Waals surface area (Å²) >= 11 is 5.89. The smallest absolute Gasteiger partial charge is 0.387 e. The van der Waals surface area contributed by atoms with Crippen molar-refractivity contribution >= 4 is 37.3 Å². The number of ether oxygens (including phenoxy) is 1. The molecule has 27 heavy (non-hydrogen) atoms. The summed E-state index contributed by atoms with van der Waals surface area (Å²) in [6.07, 6.45) is -1.16. The van der Waals surface area contributed by atoms with E-state index in [1.54, 1.807) is 0 Å². The van der Waals surface area contributed by atoms with Crippen molar-refractivity contribution in [1.82, 2.24) is 4.72 Å². The molecule has 1 atom stereocenters. The van der Waals surface area contributed by atoms with E-state index in [4.69, 9.17) is 16.7 Å². The summed E-state index contributed by atoms with van der Waals surface area (Å²) in [5, 5.41) is 7.50. The molecule has 1 aliphatic rings. The molecule has 3 rings (SSSR count). The molecule has 0 saturated carbocycles. The summed E-state index contributed by atoms with van der Waals surface area (Å²) in [5.41, 5.74) is 0.0710. The van der Waals surface area contributed by atoms with Gasteiger partial charge in [-0.15, -0.1) is 0 Å². The van der Waals surface area contributed by atoms with E-state index in [9.17, 15) is 25.6 Å². The minimum Gasteiger partial charge on any atom is -0.434 e. The fourth-order valence-electron chi connectivity index (χ4n) is 2.56. The molecule has 2 aromatic carbocycles. The van der Waals surface area contributed by atoms with Crippen molar-refractivity contribution in [2.75, 3.05) is 5.32 Å². The van der Waals surface area contributed by atoms with Gasteiger partial charge in [0.15, 0.2) is 0 Å². The summed E-state index contributed by atoms with van der Waals surface area (Å²) < 4.78 is 80.1. The lowest BCUT2D eigenvalue weighted by molar-refractivity contribution is -0.0506. The molecular weight excluding hydrogens is 428 g/mol. The van der Waals surface area contributed by atoms with Crippen LogP contribution in [0.3, 0.4) is 0 Å². The van der Waals surface area contributed by atoms with Gasteiger partial charge in [0.25, 0.3) is 0 Å². The van der Waals surface area contributed by atoms with Crippen LogP contribution in [0, 0.1) is 0 Å². The van der Waals surface area contributed by atoms with Gasteiger partial charge < -0.3 is 10.1 Å². The molecule has 0 aliphatic carbocycles. The van der Waals surface area contributed by atoms with Crippen LogP contribution in [0.15, 0.2) is 46.2 Å². The van der Waals surface area contributed by atoms with E-state index in [1.807, 2.05) is 0 Å². The zero-order chi connectivity index (χ0) is 20.0. The highest BCUT2D eigenvalue weighted by atomic mass is 35.5. The maximum atomic E-state index is 12.6. The first-order valence-electron chi connectivity index (χ1n) is 7.18. The molecular formula is C14H12ClF2N3O5S2. The van der Waals surface area contributed by atoms with E-state index >= 15 is 0 Å². The standard InChI is InChI=1S/C14H12ClF2N3O5S2/c15-8-5-9-12(6-11(8)26(18,21)22)27(23,24)20-13(19-9)7-3-1-2-4-10(7)25-14(16)17/h1-6,13-14,19-20H,(H2,18,21,22). The van der Waals surface area contributed by atoms with Crippen LogP contribution in [0.4, 0.5) is 14.5 Å². The number of anilines is 1. The second kappa shape index (κ2) is 6.87. The van der Waals surface area contributed by atoms with Gasteiger partial charge in [0, 0.05) is 5.56 Å². The predicted octanol–water partition coefficient (Wildman–Crippen LogP) is 1.99. The van der Waals surface area contributed by atoms with Crippen molar-refractivity contribution in [3.05, 3.63) is 47.0 Å². The number of hydrogen-bond acceptors (Lipinski definition) is 6. The van der Waals surface area contributed by atoms with E-state index in [0.717, 1.165) is 12.1 Å². The molecule has 0 amide bonds. The molecule has 0 spiro atoms. The number of alkyl halides is 2. The van der Waals surface area contributed by atoms with E-state index in [1.165, 1.54) is 24.3 Å². The SMILES string of the molecule is NS(=O)(=O)c1cc2c(cc1Cl)NC(c1ccccc1OC(F)F)NS2(=O)=O. The molecule has 0 saturated heterocycles. The molecule has 13 heteroatoms. The number of primary sulfonamides is 1. The van der Waals surface area contributed by atoms with Gasteiger partial charge in [-0.05, 0) is 18.2 Å².